The Morgan fingerprint density at radius 2 is 1.88 bits per heavy atom. The average Bonchev–Trinajstić information content (AvgIpc) is 3.52. The molecule has 1 aliphatic carbocycles. The van der Waals surface area contributed by atoms with Crippen LogP contribution in [0, 0.1) is 28.1 Å². The molecule has 1 atom stereocenters. The number of nitriles is 2. The van der Waals surface area contributed by atoms with Crippen LogP contribution in [-0.2, 0) is 5.54 Å². The minimum absolute atomic E-state index is 0.0357. The molecule has 0 bridgehead atoms. The summed E-state index contributed by atoms with van der Waals surface area (Å²) in [5.41, 5.74) is 3.77. The Bertz CT molecular complexity index is 1670. The zero-order valence-corrected chi connectivity index (χ0v) is 24.0. The Kier molecular flexibility index (Phi) is 7.03. The summed E-state index contributed by atoms with van der Waals surface area (Å²) in [6, 6.07) is 15.1. The molecule has 0 aliphatic heterocycles. The second kappa shape index (κ2) is 10.3. The third-order valence-electron chi connectivity index (χ3n) is 7.14. The maximum Gasteiger partial charge on any atom is 0.238 e. The van der Waals surface area contributed by atoms with Gasteiger partial charge in [0.15, 0.2) is 5.69 Å². The largest absolute Gasteiger partial charge is 0.480 e. The number of rotatable bonds is 8. The Hall–Kier alpha value is -4.34. The predicted molar refractivity (Wildman–Crippen MR) is 155 cm³/mol. The van der Waals surface area contributed by atoms with Crippen LogP contribution in [0.2, 0.25) is 5.02 Å². The Labute approximate surface area is 238 Å². The number of benzene rings is 2. The van der Waals surface area contributed by atoms with Gasteiger partial charge in [-0.05, 0) is 48.9 Å². The molecule has 1 aliphatic rings. The van der Waals surface area contributed by atoms with Gasteiger partial charge in [0.1, 0.15) is 18.2 Å². The summed E-state index contributed by atoms with van der Waals surface area (Å²) in [4.78, 5) is 4.46. The van der Waals surface area contributed by atoms with Crippen molar-refractivity contribution in [2.75, 3.05) is 24.3 Å². The summed E-state index contributed by atoms with van der Waals surface area (Å²) >= 11 is 6.70. The Morgan fingerprint density at radius 1 is 1.15 bits per heavy atom. The van der Waals surface area contributed by atoms with Gasteiger partial charge >= 0.3 is 0 Å². The van der Waals surface area contributed by atoms with E-state index in [4.69, 9.17) is 16.3 Å². The number of nitrogens with one attached hydrogen (secondary N) is 2. The fourth-order valence-electron chi connectivity index (χ4n) is 4.67. The van der Waals surface area contributed by atoms with Crippen LogP contribution in [-0.4, -0.2) is 33.6 Å². The molecule has 2 aromatic carbocycles. The smallest absolute Gasteiger partial charge is 0.238 e. The lowest BCUT2D eigenvalue weighted by Gasteiger charge is -2.23. The molecule has 10 heteroatoms. The van der Waals surface area contributed by atoms with Crippen LogP contribution in [0.1, 0.15) is 69.0 Å². The number of aromatic nitrogens is 4. The molecule has 0 saturated heterocycles. The van der Waals surface area contributed by atoms with E-state index in [1.165, 1.54) is 6.20 Å². The van der Waals surface area contributed by atoms with Crippen molar-refractivity contribution < 1.29 is 4.74 Å². The van der Waals surface area contributed by atoms with Crippen molar-refractivity contribution in [1.82, 2.24) is 20.0 Å². The first kappa shape index (κ1) is 27.2. The van der Waals surface area contributed by atoms with Gasteiger partial charge in [-0.25, -0.2) is 4.68 Å². The van der Waals surface area contributed by atoms with Crippen LogP contribution in [0.15, 0.2) is 42.6 Å². The highest BCUT2D eigenvalue weighted by Crippen LogP contribution is 2.46. The topological polar surface area (TPSA) is 124 Å². The lowest BCUT2D eigenvalue weighted by Crippen LogP contribution is -2.20. The van der Waals surface area contributed by atoms with Crippen LogP contribution in [0.3, 0.4) is 0 Å². The minimum atomic E-state index is -0.540. The van der Waals surface area contributed by atoms with Crippen LogP contribution in [0.5, 0.6) is 5.88 Å². The molecule has 40 heavy (non-hydrogen) atoms. The quantitative estimate of drug-likeness (QED) is 0.256. The van der Waals surface area contributed by atoms with E-state index in [1.807, 2.05) is 35.0 Å². The molecule has 0 spiro atoms. The second-order valence-corrected chi connectivity index (χ2v) is 12.0. The van der Waals surface area contributed by atoms with Gasteiger partial charge in [-0.3, -0.25) is 4.98 Å². The van der Waals surface area contributed by atoms with Crippen molar-refractivity contribution in [2.24, 2.45) is 5.41 Å². The molecule has 9 nitrogen and oxygen atoms in total. The normalized spacial score (nSPS) is 14.7. The monoisotopic (exact) mass is 554 g/mol. The molecule has 204 valence electrons. The van der Waals surface area contributed by atoms with Gasteiger partial charge in [0.25, 0.3) is 0 Å². The van der Waals surface area contributed by atoms with Crippen LogP contribution in [0.4, 0.5) is 11.4 Å². The maximum absolute atomic E-state index is 10.1. The first-order chi connectivity index (χ1) is 19.1. The summed E-state index contributed by atoms with van der Waals surface area (Å²) in [5, 5.41) is 37.1. The number of pyridine rings is 1. The first-order valence-corrected chi connectivity index (χ1v) is 13.5. The zero-order chi connectivity index (χ0) is 28.7. The van der Waals surface area contributed by atoms with Gasteiger partial charge in [-0.2, -0.15) is 10.5 Å². The Balaban J connectivity index is 1.67. The standard InChI is InChI=1S/C30H31ClN8O/c1-29(2,3)17-35-25-19(15-33)16-34-24-18(14-32)12-20(13-22(24)25)36-26(21-8-6-7-9-23(21)31)27-28(40-5)39(38-37-27)30(4)10-11-30/h6-9,12-13,16,26,36H,10-11,17H2,1-5H3,(H,34,35). The van der Waals surface area contributed by atoms with E-state index < -0.39 is 6.04 Å². The summed E-state index contributed by atoms with van der Waals surface area (Å²) < 4.78 is 7.68. The maximum atomic E-state index is 10.1. The highest BCUT2D eigenvalue weighted by molar-refractivity contribution is 6.31. The van der Waals surface area contributed by atoms with Crippen LogP contribution >= 0.6 is 11.6 Å². The third-order valence-corrected chi connectivity index (χ3v) is 7.48. The van der Waals surface area contributed by atoms with E-state index in [0.717, 1.165) is 18.4 Å². The minimum Gasteiger partial charge on any atom is -0.480 e. The Morgan fingerprint density at radius 3 is 2.50 bits per heavy atom. The molecular weight excluding hydrogens is 524 g/mol. The predicted octanol–water partition coefficient (Wildman–Crippen LogP) is 6.40. The SMILES string of the molecule is COc1c(C(Nc2cc(C#N)c3ncc(C#N)c(NCC(C)(C)C)c3c2)c2ccccc2Cl)nnn1C1(C)CC1. The van der Waals surface area contributed by atoms with Gasteiger partial charge in [-0.15, -0.1) is 5.10 Å². The second-order valence-electron chi connectivity index (χ2n) is 11.6. The molecule has 5 rings (SSSR count). The van der Waals surface area contributed by atoms with Crippen molar-refractivity contribution >= 4 is 33.9 Å². The van der Waals surface area contributed by atoms with E-state index >= 15 is 0 Å². The fraction of sp³-hybridized carbons (Fsp3) is 0.367. The van der Waals surface area contributed by atoms with Gasteiger partial charge < -0.3 is 15.4 Å². The zero-order valence-electron chi connectivity index (χ0n) is 23.2. The first-order valence-electron chi connectivity index (χ1n) is 13.1. The number of hydrogen-bond donors (Lipinski definition) is 2. The van der Waals surface area contributed by atoms with E-state index in [0.29, 0.717) is 56.5 Å². The molecule has 1 unspecified atom stereocenters. The van der Waals surface area contributed by atoms with Gasteiger partial charge in [0, 0.05) is 28.8 Å². The molecule has 1 saturated carbocycles. The molecule has 0 amide bonds. The lowest BCUT2D eigenvalue weighted by molar-refractivity contribution is 0.324. The summed E-state index contributed by atoms with van der Waals surface area (Å²) in [6.45, 7) is 9.09. The molecule has 1 fully saturated rings. The molecule has 4 aromatic rings. The molecule has 2 aromatic heterocycles. The number of methoxy groups -OCH3 is 1. The van der Waals surface area contributed by atoms with E-state index in [1.54, 1.807) is 13.2 Å². The molecule has 2 N–H and O–H groups in total. The number of ether oxygens (including phenoxy) is 1. The van der Waals surface area contributed by atoms with Crippen molar-refractivity contribution in [3.05, 3.63) is 70.0 Å². The number of nitrogens with zero attached hydrogens (tertiary/aromatic N) is 6. The number of fused-ring (bicyclic) bond motifs is 1. The number of halogens is 1. The van der Waals surface area contributed by atoms with E-state index in [2.05, 4.69) is 65.8 Å². The third kappa shape index (κ3) is 5.13. The highest BCUT2D eigenvalue weighted by Gasteiger charge is 2.44. The molecular formula is C30H31ClN8O. The van der Waals surface area contributed by atoms with E-state index in [9.17, 15) is 10.5 Å². The van der Waals surface area contributed by atoms with Gasteiger partial charge in [0.05, 0.1) is 35.0 Å². The summed E-state index contributed by atoms with van der Waals surface area (Å²) in [5.74, 6) is 0.555. The van der Waals surface area contributed by atoms with E-state index in [-0.39, 0.29) is 11.0 Å². The van der Waals surface area contributed by atoms with Crippen molar-refractivity contribution in [3.8, 4) is 18.0 Å². The molecule has 0 radical (unpaired) electrons. The van der Waals surface area contributed by atoms with Gasteiger partial charge in [-0.1, -0.05) is 55.8 Å². The van der Waals surface area contributed by atoms with Gasteiger partial charge in [0.2, 0.25) is 5.88 Å². The number of hydrogen-bond acceptors (Lipinski definition) is 8. The number of anilines is 2. The highest BCUT2D eigenvalue weighted by atomic mass is 35.5. The fourth-order valence-corrected chi connectivity index (χ4v) is 4.92. The average molecular weight is 555 g/mol. The summed E-state index contributed by atoms with van der Waals surface area (Å²) in [7, 11) is 1.61. The van der Waals surface area contributed by atoms with Crippen LogP contribution in [0.25, 0.3) is 10.9 Å². The van der Waals surface area contributed by atoms with Crippen molar-refractivity contribution in [3.63, 3.8) is 0 Å². The summed E-state index contributed by atoms with van der Waals surface area (Å²) in [6.07, 6.45) is 3.49. The lowest BCUT2D eigenvalue weighted by atomic mass is 9.96. The van der Waals surface area contributed by atoms with Crippen LogP contribution < -0.4 is 15.4 Å². The molecule has 2 heterocycles. The van der Waals surface area contributed by atoms with Crippen molar-refractivity contribution in [2.45, 2.75) is 52.1 Å². The van der Waals surface area contributed by atoms with Crippen molar-refractivity contribution in [1.29, 1.82) is 10.5 Å².